The van der Waals surface area contributed by atoms with Gasteiger partial charge in [-0.1, -0.05) is 30.3 Å². The number of nitrogens with zero attached hydrogens (tertiary/aromatic N) is 1. The van der Waals surface area contributed by atoms with Crippen LogP contribution in [0.15, 0.2) is 30.3 Å². The van der Waals surface area contributed by atoms with E-state index in [0.717, 1.165) is 12.7 Å². The normalized spacial score (nSPS) is 13.9. The fraction of sp³-hybridized carbons (Fsp3) is 0.364. The third-order valence-corrected chi connectivity index (χ3v) is 2.42. The Morgan fingerprint density at radius 1 is 1.44 bits per heavy atom. The Kier molecular flexibility index (Phi) is 3.60. The summed E-state index contributed by atoms with van der Waals surface area (Å²) in [6.07, 6.45) is 0.0213. The summed E-state index contributed by atoms with van der Waals surface area (Å²) >= 11 is 0. The molecule has 86 valence electrons. The highest BCUT2D eigenvalue weighted by Gasteiger charge is 2.47. The molecule has 1 unspecified atom stereocenters. The number of esters is 1. The predicted molar refractivity (Wildman–Crippen MR) is 57.6 cm³/mol. The Bertz CT molecular complexity index is 390. The van der Waals surface area contributed by atoms with Crippen LogP contribution in [0.5, 0.6) is 0 Å². The molecule has 0 heterocycles. The molecule has 0 aliphatic rings. The molecule has 5 nitrogen and oxygen atoms in total. The SMILES string of the molecule is COC(=O)C(C)(Cc1ccccc1)[N+](=O)[O-]. The zero-order valence-corrected chi connectivity index (χ0v) is 9.17. The molecule has 0 fully saturated rings. The zero-order valence-electron chi connectivity index (χ0n) is 9.17. The number of methoxy groups -OCH3 is 1. The van der Waals surface area contributed by atoms with E-state index in [9.17, 15) is 14.9 Å². The number of carbonyl (C=O) groups is 1. The highest BCUT2D eigenvalue weighted by atomic mass is 16.6. The molecular formula is C11H13NO4. The van der Waals surface area contributed by atoms with Crippen molar-refractivity contribution in [3.05, 3.63) is 46.0 Å². The van der Waals surface area contributed by atoms with Crippen LogP contribution in [0.1, 0.15) is 12.5 Å². The second-order valence-corrected chi connectivity index (χ2v) is 3.68. The first-order valence-corrected chi connectivity index (χ1v) is 4.77. The number of ether oxygens (including phenoxy) is 1. The molecule has 0 aliphatic heterocycles. The van der Waals surface area contributed by atoms with E-state index >= 15 is 0 Å². The number of nitro groups is 1. The van der Waals surface area contributed by atoms with Crippen LogP contribution in [0.2, 0.25) is 0 Å². The Hall–Kier alpha value is -1.91. The van der Waals surface area contributed by atoms with Crippen LogP contribution in [0.25, 0.3) is 0 Å². The van der Waals surface area contributed by atoms with Crippen LogP contribution in [0.3, 0.4) is 0 Å². The lowest BCUT2D eigenvalue weighted by molar-refractivity contribution is -0.550. The number of rotatable bonds is 4. The summed E-state index contributed by atoms with van der Waals surface area (Å²) in [5.41, 5.74) is -0.997. The molecule has 0 radical (unpaired) electrons. The summed E-state index contributed by atoms with van der Waals surface area (Å²) in [4.78, 5) is 21.7. The molecule has 0 N–H and O–H groups in total. The maximum Gasteiger partial charge on any atom is 0.384 e. The fourth-order valence-corrected chi connectivity index (χ4v) is 1.42. The van der Waals surface area contributed by atoms with Gasteiger partial charge < -0.3 is 4.74 Å². The number of benzene rings is 1. The predicted octanol–water partition coefficient (Wildman–Crippen LogP) is 1.44. The lowest BCUT2D eigenvalue weighted by Crippen LogP contribution is -2.46. The molecular weight excluding hydrogens is 210 g/mol. The van der Waals surface area contributed by atoms with Gasteiger partial charge in [0.1, 0.15) is 0 Å². The van der Waals surface area contributed by atoms with Crippen LogP contribution >= 0.6 is 0 Å². The Morgan fingerprint density at radius 2 is 2.00 bits per heavy atom. The molecule has 1 aromatic rings. The third-order valence-electron chi connectivity index (χ3n) is 2.42. The second kappa shape index (κ2) is 4.74. The van der Waals surface area contributed by atoms with Gasteiger partial charge in [0.25, 0.3) is 0 Å². The Morgan fingerprint density at radius 3 is 2.44 bits per heavy atom. The average molecular weight is 223 g/mol. The number of hydrogen-bond donors (Lipinski definition) is 0. The van der Waals surface area contributed by atoms with Crippen LogP contribution in [-0.2, 0) is 16.0 Å². The summed E-state index contributed by atoms with van der Waals surface area (Å²) in [6.45, 7) is 1.27. The van der Waals surface area contributed by atoms with E-state index in [1.54, 1.807) is 24.3 Å². The van der Waals surface area contributed by atoms with Gasteiger partial charge in [-0.3, -0.25) is 10.1 Å². The summed E-state index contributed by atoms with van der Waals surface area (Å²) in [5, 5.41) is 10.9. The van der Waals surface area contributed by atoms with E-state index in [1.165, 1.54) is 6.92 Å². The van der Waals surface area contributed by atoms with Crippen molar-refractivity contribution >= 4 is 5.97 Å². The minimum absolute atomic E-state index is 0.0213. The smallest absolute Gasteiger partial charge is 0.384 e. The topological polar surface area (TPSA) is 69.4 Å². The molecule has 5 heteroatoms. The molecule has 16 heavy (non-hydrogen) atoms. The minimum Gasteiger partial charge on any atom is -0.464 e. The van der Waals surface area contributed by atoms with Gasteiger partial charge in [-0.2, -0.15) is 0 Å². The van der Waals surface area contributed by atoms with E-state index in [2.05, 4.69) is 4.74 Å². The van der Waals surface area contributed by atoms with Crippen molar-refractivity contribution in [2.45, 2.75) is 18.9 Å². The summed E-state index contributed by atoms with van der Waals surface area (Å²) in [5.74, 6) is -0.832. The van der Waals surface area contributed by atoms with Gasteiger partial charge in [-0.15, -0.1) is 0 Å². The quantitative estimate of drug-likeness (QED) is 0.440. The van der Waals surface area contributed by atoms with Crippen molar-refractivity contribution in [3.8, 4) is 0 Å². The lowest BCUT2D eigenvalue weighted by Gasteiger charge is -2.17. The molecule has 0 aromatic heterocycles. The van der Waals surface area contributed by atoms with E-state index in [0.29, 0.717) is 0 Å². The maximum absolute atomic E-state index is 11.4. The van der Waals surface area contributed by atoms with Crippen molar-refractivity contribution in [2.24, 2.45) is 0 Å². The molecule has 0 aliphatic carbocycles. The molecule has 0 amide bonds. The van der Waals surface area contributed by atoms with Gasteiger partial charge in [0.15, 0.2) is 0 Å². The molecule has 1 atom stereocenters. The van der Waals surface area contributed by atoms with Crippen molar-refractivity contribution in [1.82, 2.24) is 0 Å². The zero-order chi connectivity index (χ0) is 12.2. The first-order valence-electron chi connectivity index (χ1n) is 4.77. The lowest BCUT2D eigenvalue weighted by atomic mass is 9.94. The summed E-state index contributed by atoms with van der Waals surface area (Å²) in [7, 11) is 1.15. The van der Waals surface area contributed by atoms with Gasteiger partial charge in [-0.05, 0) is 5.56 Å². The Labute approximate surface area is 93.2 Å². The van der Waals surface area contributed by atoms with Gasteiger partial charge in [0.2, 0.25) is 0 Å². The van der Waals surface area contributed by atoms with E-state index < -0.39 is 16.4 Å². The molecule has 0 spiro atoms. The van der Waals surface area contributed by atoms with Crippen molar-refractivity contribution in [1.29, 1.82) is 0 Å². The maximum atomic E-state index is 11.4. The molecule has 1 aromatic carbocycles. The fourth-order valence-electron chi connectivity index (χ4n) is 1.42. The molecule has 1 rings (SSSR count). The minimum atomic E-state index is -1.73. The summed E-state index contributed by atoms with van der Waals surface area (Å²) < 4.78 is 4.47. The standard InChI is InChI=1S/C11H13NO4/c1-11(12(14)15,10(13)16-2)8-9-6-4-3-5-7-9/h3-7H,8H2,1-2H3. The van der Waals surface area contributed by atoms with Crippen molar-refractivity contribution < 1.29 is 14.5 Å². The van der Waals surface area contributed by atoms with Gasteiger partial charge in [0, 0.05) is 11.8 Å². The average Bonchev–Trinajstić information content (AvgIpc) is 2.28. The number of carbonyl (C=O) groups excluding carboxylic acids is 1. The molecule has 0 bridgehead atoms. The highest BCUT2D eigenvalue weighted by Crippen LogP contribution is 2.18. The molecule has 0 saturated heterocycles. The van der Waals surface area contributed by atoms with Crippen LogP contribution in [-0.4, -0.2) is 23.5 Å². The van der Waals surface area contributed by atoms with E-state index in [1.807, 2.05) is 6.07 Å². The van der Waals surface area contributed by atoms with Crippen LogP contribution < -0.4 is 0 Å². The van der Waals surface area contributed by atoms with Crippen molar-refractivity contribution in [3.63, 3.8) is 0 Å². The highest BCUT2D eigenvalue weighted by molar-refractivity contribution is 5.79. The molecule has 0 saturated carbocycles. The van der Waals surface area contributed by atoms with Crippen LogP contribution in [0.4, 0.5) is 0 Å². The first-order chi connectivity index (χ1) is 7.50. The largest absolute Gasteiger partial charge is 0.464 e. The second-order valence-electron chi connectivity index (χ2n) is 3.68. The third kappa shape index (κ3) is 2.36. The van der Waals surface area contributed by atoms with Gasteiger partial charge in [-0.25, -0.2) is 4.79 Å². The first kappa shape index (κ1) is 12.2. The van der Waals surface area contributed by atoms with Gasteiger partial charge in [0.05, 0.1) is 13.5 Å². The van der Waals surface area contributed by atoms with E-state index in [-0.39, 0.29) is 6.42 Å². The number of hydrogen-bond acceptors (Lipinski definition) is 4. The monoisotopic (exact) mass is 223 g/mol. The van der Waals surface area contributed by atoms with Crippen molar-refractivity contribution in [2.75, 3.05) is 7.11 Å². The van der Waals surface area contributed by atoms with Gasteiger partial charge >= 0.3 is 11.5 Å². The van der Waals surface area contributed by atoms with E-state index in [4.69, 9.17) is 0 Å². The van der Waals surface area contributed by atoms with Crippen LogP contribution in [0, 0.1) is 10.1 Å². The Balaban J connectivity index is 2.97. The summed E-state index contributed by atoms with van der Waals surface area (Å²) in [6, 6.07) is 8.83.